The van der Waals surface area contributed by atoms with E-state index in [4.69, 9.17) is 10.7 Å². The van der Waals surface area contributed by atoms with Gasteiger partial charge in [0.15, 0.2) is 0 Å². The van der Waals surface area contributed by atoms with Gasteiger partial charge < -0.3 is 20.5 Å². The number of rotatable bonds is 9. The summed E-state index contributed by atoms with van der Waals surface area (Å²) in [6.07, 6.45) is 7.22. The smallest absolute Gasteiger partial charge is 0.263 e. The van der Waals surface area contributed by atoms with Crippen LogP contribution in [0.4, 0.5) is 5.69 Å². The van der Waals surface area contributed by atoms with Crippen molar-refractivity contribution >= 4 is 39.5 Å². The van der Waals surface area contributed by atoms with E-state index >= 15 is 0 Å². The molecular formula is C41H38BrN5O2. The maximum atomic E-state index is 14.5. The Hall–Kier alpha value is -5.21. The van der Waals surface area contributed by atoms with Gasteiger partial charge in [-0.15, -0.1) is 6.58 Å². The zero-order valence-electron chi connectivity index (χ0n) is 27.5. The maximum absolute atomic E-state index is 14.5. The molecule has 1 aromatic heterocycles. The van der Waals surface area contributed by atoms with Gasteiger partial charge in [-0.2, -0.15) is 0 Å². The summed E-state index contributed by atoms with van der Waals surface area (Å²) in [5.74, 6) is -0.907. The Kier molecular flexibility index (Phi) is 8.15. The third-order valence-electron chi connectivity index (χ3n) is 10.6. The summed E-state index contributed by atoms with van der Waals surface area (Å²) in [7, 11) is 0. The van der Waals surface area contributed by atoms with Gasteiger partial charge in [-0.1, -0.05) is 129 Å². The van der Waals surface area contributed by atoms with Gasteiger partial charge in [-0.05, 0) is 62.2 Å². The second-order valence-corrected chi connectivity index (χ2v) is 14.2. The number of primary amides is 1. The fourth-order valence-electron chi connectivity index (χ4n) is 8.06. The van der Waals surface area contributed by atoms with E-state index in [9.17, 15) is 9.59 Å². The number of nitrogens with zero attached hydrogens (tertiary/aromatic N) is 3. The first-order valence-corrected chi connectivity index (χ1v) is 17.1. The normalized spacial score (nSPS) is 20.3. The van der Waals surface area contributed by atoms with Crippen molar-refractivity contribution in [3.63, 3.8) is 0 Å². The SMILES string of the molecule is C=CC(C)(C)[C@@]12C[C@@H](C(N)=O)N(C(=O)/C(Br)=C\c3cn(C(c4ccccc4)(c4ccccc4)c4ccccc4)cn3)[C@@H]1Nc1ccccc12. The van der Waals surface area contributed by atoms with Crippen LogP contribution in [-0.4, -0.2) is 38.5 Å². The second kappa shape index (κ2) is 12.3. The molecule has 246 valence electrons. The minimum Gasteiger partial charge on any atom is -0.368 e. The molecule has 1 saturated heterocycles. The lowest BCUT2D eigenvalue weighted by Gasteiger charge is -2.43. The number of likely N-dealkylation sites (tertiary alicyclic amines) is 1. The van der Waals surface area contributed by atoms with Gasteiger partial charge in [0.1, 0.15) is 17.7 Å². The summed E-state index contributed by atoms with van der Waals surface area (Å²) in [4.78, 5) is 33.9. The van der Waals surface area contributed by atoms with Crippen LogP contribution in [0.15, 0.2) is 145 Å². The van der Waals surface area contributed by atoms with Crippen LogP contribution in [0.5, 0.6) is 0 Å². The van der Waals surface area contributed by atoms with E-state index in [1.165, 1.54) is 0 Å². The van der Waals surface area contributed by atoms with Crippen molar-refractivity contribution in [3.05, 3.63) is 173 Å². The highest BCUT2D eigenvalue weighted by atomic mass is 79.9. The molecular weight excluding hydrogens is 674 g/mol. The lowest BCUT2D eigenvalue weighted by molar-refractivity contribution is -0.135. The lowest BCUT2D eigenvalue weighted by Crippen LogP contribution is -2.54. The van der Waals surface area contributed by atoms with Crippen LogP contribution in [-0.2, 0) is 20.5 Å². The molecule has 8 heteroatoms. The van der Waals surface area contributed by atoms with Crippen molar-refractivity contribution in [1.29, 1.82) is 0 Å². The van der Waals surface area contributed by atoms with E-state index in [0.29, 0.717) is 12.1 Å². The van der Waals surface area contributed by atoms with Gasteiger partial charge in [-0.3, -0.25) is 9.59 Å². The number of carbonyl (C=O) groups is 2. The average molecular weight is 713 g/mol. The summed E-state index contributed by atoms with van der Waals surface area (Å²) in [5, 5.41) is 3.57. The van der Waals surface area contributed by atoms with Crippen LogP contribution < -0.4 is 11.1 Å². The zero-order chi connectivity index (χ0) is 34.4. The number of benzene rings is 4. The number of hydrogen-bond donors (Lipinski definition) is 2. The molecule has 3 N–H and O–H groups in total. The molecule has 3 atom stereocenters. The topological polar surface area (TPSA) is 93.3 Å². The molecule has 7 nitrogen and oxygen atoms in total. The Morgan fingerprint density at radius 3 is 1.96 bits per heavy atom. The van der Waals surface area contributed by atoms with E-state index in [2.05, 4.69) is 88.7 Å². The number of anilines is 1. The minimum atomic E-state index is -0.835. The largest absolute Gasteiger partial charge is 0.368 e. The van der Waals surface area contributed by atoms with Gasteiger partial charge in [0.25, 0.3) is 5.91 Å². The minimum absolute atomic E-state index is 0.263. The van der Waals surface area contributed by atoms with Gasteiger partial charge in [-0.25, -0.2) is 4.98 Å². The molecule has 3 heterocycles. The highest BCUT2D eigenvalue weighted by Gasteiger charge is 2.65. The molecule has 4 aromatic carbocycles. The van der Waals surface area contributed by atoms with E-state index < -0.39 is 34.5 Å². The molecule has 2 aliphatic rings. The third-order valence-corrected chi connectivity index (χ3v) is 11.1. The molecule has 49 heavy (non-hydrogen) atoms. The molecule has 0 saturated carbocycles. The molecule has 2 aliphatic heterocycles. The molecule has 0 aliphatic carbocycles. The van der Waals surface area contributed by atoms with Crippen molar-refractivity contribution in [1.82, 2.24) is 14.5 Å². The van der Waals surface area contributed by atoms with Crippen LogP contribution in [0, 0.1) is 5.41 Å². The number of para-hydroxylation sites is 1. The average Bonchev–Trinajstić information content (AvgIpc) is 3.82. The van der Waals surface area contributed by atoms with Gasteiger partial charge >= 0.3 is 0 Å². The Bertz CT molecular complexity index is 1960. The highest BCUT2D eigenvalue weighted by Crippen LogP contribution is 2.60. The second-order valence-electron chi connectivity index (χ2n) is 13.3. The van der Waals surface area contributed by atoms with Crippen molar-refractivity contribution in [3.8, 4) is 0 Å². The Labute approximate surface area is 295 Å². The Morgan fingerprint density at radius 1 is 0.898 bits per heavy atom. The number of hydrogen-bond acceptors (Lipinski definition) is 4. The number of halogens is 1. The summed E-state index contributed by atoms with van der Waals surface area (Å²) < 4.78 is 2.36. The van der Waals surface area contributed by atoms with E-state index in [1.807, 2.05) is 85.1 Å². The third kappa shape index (κ3) is 4.96. The van der Waals surface area contributed by atoms with Gasteiger partial charge in [0.05, 0.1) is 16.5 Å². The fourth-order valence-corrected chi connectivity index (χ4v) is 8.50. The van der Waals surface area contributed by atoms with Crippen LogP contribution in [0.25, 0.3) is 6.08 Å². The standard InChI is InChI=1S/C41H38BrN5O2/c1-4-39(2,3)40-25-35(36(43)48)47(38(40)45-34-23-15-14-22-32(34)40)37(49)33(42)24-31-26-46(27-44-31)41(28-16-8-5-9-17-28,29-18-10-6-11-19-29)30-20-12-7-13-21-30/h4-24,26-27,35,38,45H,1,25H2,2-3H3,(H2,43,48)/b33-24+/t35-,38-,40+/m0/s1. The molecule has 0 radical (unpaired) electrons. The summed E-state index contributed by atoms with van der Waals surface area (Å²) in [6.45, 7) is 8.34. The van der Waals surface area contributed by atoms with Crippen LogP contribution >= 0.6 is 15.9 Å². The molecule has 5 aromatic rings. The highest BCUT2D eigenvalue weighted by molar-refractivity contribution is 9.12. The molecule has 2 amide bonds. The van der Waals surface area contributed by atoms with Crippen LogP contribution in [0.1, 0.15) is 48.2 Å². The van der Waals surface area contributed by atoms with E-state index in [1.54, 1.807) is 17.3 Å². The first-order valence-electron chi connectivity index (χ1n) is 16.3. The molecule has 0 bridgehead atoms. The van der Waals surface area contributed by atoms with E-state index in [0.717, 1.165) is 27.9 Å². The van der Waals surface area contributed by atoms with Crippen LogP contribution in [0.3, 0.4) is 0 Å². The first kappa shape index (κ1) is 32.3. The number of allylic oxidation sites excluding steroid dienone is 1. The Balaban J connectivity index is 1.32. The van der Waals surface area contributed by atoms with Crippen molar-refractivity contribution in [2.45, 2.75) is 43.4 Å². The molecule has 1 fully saturated rings. The molecule has 0 unspecified atom stereocenters. The van der Waals surface area contributed by atoms with E-state index in [-0.39, 0.29) is 10.4 Å². The predicted molar refractivity (Wildman–Crippen MR) is 198 cm³/mol. The maximum Gasteiger partial charge on any atom is 0.263 e. The first-order chi connectivity index (χ1) is 23.6. The van der Waals surface area contributed by atoms with Crippen molar-refractivity contribution < 1.29 is 9.59 Å². The van der Waals surface area contributed by atoms with Gasteiger partial charge in [0.2, 0.25) is 5.91 Å². The summed E-state index contributed by atoms with van der Waals surface area (Å²) >= 11 is 3.60. The lowest BCUT2D eigenvalue weighted by atomic mass is 9.60. The number of aromatic nitrogens is 2. The van der Waals surface area contributed by atoms with Crippen molar-refractivity contribution in [2.75, 3.05) is 5.32 Å². The quantitative estimate of drug-likeness (QED) is 0.0944. The number of amides is 2. The van der Waals surface area contributed by atoms with Crippen molar-refractivity contribution in [2.24, 2.45) is 11.1 Å². The monoisotopic (exact) mass is 711 g/mol. The number of nitrogens with two attached hydrogens (primary N) is 1. The summed E-state index contributed by atoms with van der Waals surface area (Å²) in [5.41, 5.74) is 9.90. The number of fused-ring (bicyclic) bond motifs is 3. The summed E-state index contributed by atoms with van der Waals surface area (Å²) in [6, 6.07) is 38.2. The number of carbonyl (C=O) groups excluding carboxylic acids is 2. The molecule has 0 spiro atoms. The Morgan fingerprint density at radius 2 is 1.43 bits per heavy atom. The van der Waals surface area contributed by atoms with Crippen LogP contribution in [0.2, 0.25) is 0 Å². The molecule has 7 rings (SSSR count). The van der Waals surface area contributed by atoms with Gasteiger partial charge in [0, 0.05) is 17.3 Å². The zero-order valence-corrected chi connectivity index (χ0v) is 29.0. The predicted octanol–water partition coefficient (Wildman–Crippen LogP) is 7.45. The number of nitrogens with one attached hydrogen (secondary N) is 1. The fraction of sp³-hybridized carbons (Fsp3) is 0.195. The number of imidazole rings is 1.